The van der Waals surface area contributed by atoms with Gasteiger partial charge in [0.1, 0.15) is 17.6 Å². The molecule has 0 saturated carbocycles. The monoisotopic (exact) mass is 269 g/mol. The number of methoxy groups -OCH3 is 1. The number of nitrogen functional groups attached to an aromatic ring is 1. The summed E-state index contributed by atoms with van der Waals surface area (Å²) in [4.78, 5) is 12.2. The molecule has 0 fully saturated rings. The average molecular weight is 269 g/mol. The van der Waals surface area contributed by atoms with Crippen LogP contribution in [0.4, 0.5) is 5.69 Å². The van der Waals surface area contributed by atoms with Crippen molar-refractivity contribution in [1.29, 1.82) is 0 Å². The average Bonchev–Trinajstić information content (AvgIpc) is 2.46. The fourth-order valence-corrected chi connectivity index (χ4v) is 2.37. The lowest BCUT2D eigenvalue weighted by molar-refractivity contribution is 0.0850. The number of fused-ring (bicyclic) bond motifs is 1. The van der Waals surface area contributed by atoms with Gasteiger partial charge in [-0.1, -0.05) is 12.1 Å². The molecule has 0 aromatic heterocycles. The Morgan fingerprint density at radius 1 is 1.25 bits per heavy atom. The Balaban J connectivity index is 1.96. The van der Waals surface area contributed by atoms with Crippen LogP contribution in [0, 0.1) is 0 Å². The van der Waals surface area contributed by atoms with Crippen LogP contribution in [-0.4, -0.2) is 12.9 Å². The van der Waals surface area contributed by atoms with Crippen LogP contribution in [-0.2, 0) is 0 Å². The quantitative estimate of drug-likeness (QED) is 0.851. The van der Waals surface area contributed by atoms with Gasteiger partial charge in [0, 0.05) is 11.8 Å². The van der Waals surface area contributed by atoms with Crippen molar-refractivity contribution in [2.45, 2.75) is 12.5 Å². The summed E-state index contributed by atoms with van der Waals surface area (Å²) < 4.78 is 11.1. The molecule has 2 N–H and O–H groups in total. The highest BCUT2D eigenvalue weighted by Gasteiger charge is 2.27. The zero-order chi connectivity index (χ0) is 14.1. The lowest BCUT2D eigenvalue weighted by Crippen LogP contribution is -2.20. The summed E-state index contributed by atoms with van der Waals surface area (Å²) in [5.41, 5.74) is 7.85. The number of benzene rings is 2. The summed E-state index contributed by atoms with van der Waals surface area (Å²) in [6, 6.07) is 12.7. The number of ketones is 1. The molecule has 1 unspecified atom stereocenters. The summed E-state index contributed by atoms with van der Waals surface area (Å²) in [7, 11) is 1.61. The molecule has 2 aromatic carbocycles. The third kappa shape index (κ3) is 2.20. The number of hydrogen-bond acceptors (Lipinski definition) is 4. The molecule has 0 radical (unpaired) electrons. The van der Waals surface area contributed by atoms with E-state index in [1.54, 1.807) is 25.3 Å². The molecule has 4 nitrogen and oxygen atoms in total. The van der Waals surface area contributed by atoms with E-state index in [1.165, 1.54) is 0 Å². The van der Waals surface area contributed by atoms with Gasteiger partial charge in [-0.15, -0.1) is 0 Å². The van der Waals surface area contributed by atoms with E-state index >= 15 is 0 Å². The van der Waals surface area contributed by atoms with Crippen molar-refractivity contribution in [1.82, 2.24) is 0 Å². The molecular weight excluding hydrogens is 254 g/mol. The highest BCUT2D eigenvalue weighted by Crippen LogP contribution is 2.36. The van der Waals surface area contributed by atoms with Crippen molar-refractivity contribution in [3.63, 3.8) is 0 Å². The summed E-state index contributed by atoms with van der Waals surface area (Å²) in [5.74, 6) is 1.37. The van der Waals surface area contributed by atoms with Gasteiger partial charge in [0.15, 0.2) is 5.78 Å². The first-order chi connectivity index (χ1) is 9.67. The highest BCUT2D eigenvalue weighted by atomic mass is 16.5. The first-order valence-corrected chi connectivity index (χ1v) is 6.40. The van der Waals surface area contributed by atoms with E-state index in [1.807, 2.05) is 24.3 Å². The lowest BCUT2D eigenvalue weighted by atomic mass is 9.96. The Morgan fingerprint density at radius 2 is 2.10 bits per heavy atom. The Morgan fingerprint density at radius 3 is 2.90 bits per heavy atom. The number of anilines is 1. The van der Waals surface area contributed by atoms with Crippen LogP contribution in [0.15, 0.2) is 42.5 Å². The second kappa shape index (κ2) is 4.89. The molecule has 4 heteroatoms. The van der Waals surface area contributed by atoms with Gasteiger partial charge in [-0.25, -0.2) is 0 Å². The van der Waals surface area contributed by atoms with Gasteiger partial charge < -0.3 is 15.2 Å². The molecule has 0 aliphatic carbocycles. The standard InChI is InChI=1S/C16H15NO3/c1-19-12-4-2-3-10(7-12)15-9-14(18)13-6-5-11(17)8-16(13)20-15/h2-8,15H,9,17H2,1H3. The van der Waals surface area contributed by atoms with Gasteiger partial charge in [-0.3, -0.25) is 4.79 Å². The molecule has 0 spiro atoms. The van der Waals surface area contributed by atoms with Crippen LogP contribution in [0.25, 0.3) is 0 Å². The van der Waals surface area contributed by atoms with Crippen molar-refractivity contribution < 1.29 is 14.3 Å². The van der Waals surface area contributed by atoms with E-state index in [2.05, 4.69) is 0 Å². The summed E-state index contributed by atoms with van der Waals surface area (Å²) in [5, 5.41) is 0. The predicted octanol–water partition coefficient (Wildman–Crippen LogP) is 2.98. The minimum atomic E-state index is -0.299. The molecule has 2 aromatic rings. The topological polar surface area (TPSA) is 61.5 Å². The summed E-state index contributed by atoms with van der Waals surface area (Å²) in [6.07, 6.45) is 0.0243. The number of nitrogens with two attached hydrogens (primary N) is 1. The van der Waals surface area contributed by atoms with Crippen LogP contribution in [0.1, 0.15) is 28.4 Å². The number of ether oxygens (including phenoxy) is 2. The van der Waals surface area contributed by atoms with Crippen molar-refractivity contribution in [3.05, 3.63) is 53.6 Å². The van der Waals surface area contributed by atoms with Crippen LogP contribution in [0.2, 0.25) is 0 Å². The second-order valence-corrected chi connectivity index (χ2v) is 4.77. The largest absolute Gasteiger partial charge is 0.497 e. The van der Waals surface area contributed by atoms with Crippen molar-refractivity contribution in [2.75, 3.05) is 12.8 Å². The Labute approximate surface area is 117 Å². The van der Waals surface area contributed by atoms with Crippen molar-refractivity contribution in [3.8, 4) is 11.5 Å². The normalized spacial score (nSPS) is 17.2. The van der Waals surface area contributed by atoms with Crippen molar-refractivity contribution >= 4 is 11.5 Å². The van der Waals surface area contributed by atoms with E-state index in [4.69, 9.17) is 15.2 Å². The minimum Gasteiger partial charge on any atom is -0.497 e. The number of hydrogen-bond donors (Lipinski definition) is 1. The van der Waals surface area contributed by atoms with Gasteiger partial charge in [-0.05, 0) is 29.8 Å². The number of rotatable bonds is 2. The number of carbonyl (C=O) groups is 1. The third-order valence-electron chi connectivity index (χ3n) is 3.41. The smallest absolute Gasteiger partial charge is 0.170 e. The number of carbonyl (C=O) groups excluding carboxylic acids is 1. The van der Waals surface area contributed by atoms with E-state index in [9.17, 15) is 4.79 Å². The molecule has 1 atom stereocenters. The fourth-order valence-electron chi connectivity index (χ4n) is 2.37. The van der Waals surface area contributed by atoms with E-state index in [0.29, 0.717) is 23.4 Å². The van der Waals surface area contributed by atoms with Gasteiger partial charge in [0.05, 0.1) is 19.1 Å². The molecule has 0 amide bonds. The highest BCUT2D eigenvalue weighted by molar-refractivity contribution is 6.00. The van der Waals surface area contributed by atoms with Gasteiger partial charge in [0.25, 0.3) is 0 Å². The first-order valence-electron chi connectivity index (χ1n) is 6.40. The zero-order valence-electron chi connectivity index (χ0n) is 11.1. The van der Waals surface area contributed by atoms with Crippen LogP contribution < -0.4 is 15.2 Å². The maximum Gasteiger partial charge on any atom is 0.170 e. The SMILES string of the molecule is COc1cccc(C2CC(=O)c3ccc(N)cc3O2)c1. The fraction of sp³-hybridized carbons (Fsp3) is 0.188. The summed E-state index contributed by atoms with van der Waals surface area (Å²) >= 11 is 0. The van der Waals surface area contributed by atoms with E-state index < -0.39 is 0 Å². The third-order valence-corrected chi connectivity index (χ3v) is 3.41. The maximum absolute atomic E-state index is 12.2. The predicted molar refractivity (Wildman–Crippen MR) is 76.2 cm³/mol. The molecule has 0 bridgehead atoms. The second-order valence-electron chi connectivity index (χ2n) is 4.77. The molecule has 1 aliphatic heterocycles. The molecule has 1 heterocycles. The van der Waals surface area contributed by atoms with Crippen LogP contribution in [0.5, 0.6) is 11.5 Å². The van der Waals surface area contributed by atoms with Crippen LogP contribution >= 0.6 is 0 Å². The zero-order valence-corrected chi connectivity index (χ0v) is 11.1. The molecular formula is C16H15NO3. The van der Waals surface area contributed by atoms with Crippen LogP contribution in [0.3, 0.4) is 0 Å². The Hall–Kier alpha value is -2.49. The summed E-state index contributed by atoms with van der Waals surface area (Å²) in [6.45, 7) is 0. The lowest BCUT2D eigenvalue weighted by Gasteiger charge is -2.26. The minimum absolute atomic E-state index is 0.0686. The van der Waals surface area contributed by atoms with Gasteiger partial charge >= 0.3 is 0 Å². The molecule has 102 valence electrons. The molecule has 3 rings (SSSR count). The number of Topliss-reactive ketones (excluding diaryl/α,β-unsaturated/α-hetero) is 1. The van der Waals surface area contributed by atoms with Gasteiger partial charge in [-0.2, -0.15) is 0 Å². The molecule has 0 saturated heterocycles. The van der Waals surface area contributed by atoms with Gasteiger partial charge in [0.2, 0.25) is 0 Å². The molecule has 1 aliphatic rings. The molecule has 20 heavy (non-hydrogen) atoms. The van der Waals surface area contributed by atoms with Crippen molar-refractivity contribution in [2.24, 2.45) is 0 Å². The Kier molecular flexibility index (Phi) is 3.06. The van der Waals surface area contributed by atoms with E-state index in [0.717, 1.165) is 11.3 Å². The first kappa shape index (κ1) is 12.5. The Bertz CT molecular complexity index is 667. The van der Waals surface area contributed by atoms with E-state index in [-0.39, 0.29) is 11.9 Å². The maximum atomic E-state index is 12.2.